The van der Waals surface area contributed by atoms with Crippen LogP contribution in [0.15, 0.2) is 54.6 Å². The molecule has 0 aliphatic carbocycles. The molecule has 0 aliphatic heterocycles. The fourth-order valence-electron chi connectivity index (χ4n) is 2.35. The molecule has 0 bridgehead atoms. The third kappa shape index (κ3) is 6.57. The highest BCUT2D eigenvalue weighted by atomic mass is 16.5. The van der Waals surface area contributed by atoms with Crippen molar-refractivity contribution in [2.75, 3.05) is 13.7 Å². The molecule has 26 heavy (non-hydrogen) atoms. The molecule has 0 saturated carbocycles. The summed E-state index contributed by atoms with van der Waals surface area (Å²) in [4.78, 5) is 23.3. The van der Waals surface area contributed by atoms with E-state index >= 15 is 0 Å². The molecule has 0 fully saturated rings. The van der Waals surface area contributed by atoms with E-state index in [2.05, 4.69) is 10.6 Å². The second kappa shape index (κ2) is 10.2. The van der Waals surface area contributed by atoms with Gasteiger partial charge < -0.3 is 20.1 Å². The number of rotatable bonds is 9. The second-order valence-corrected chi connectivity index (χ2v) is 5.84. The van der Waals surface area contributed by atoms with Crippen LogP contribution in [0.2, 0.25) is 0 Å². The number of hydrogen-bond acceptors (Lipinski definition) is 4. The van der Waals surface area contributed by atoms with Crippen molar-refractivity contribution >= 4 is 11.8 Å². The summed E-state index contributed by atoms with van der Waals surface area (Å²) in [7, 11) is 1.48. The van der Waals surface area contributed by atoms with Gasteiger partial charge in [-0.1, -0.05) is 42.5 Å². The highest BCUT2D eigenvalue weighted by molar-refractivity contribution is 5.86. The Morgan fingerprint density at radius 2 is 1.69 bits per heavy atom. The summed E-state index contributed by atoms with van der Waals surface area (Å²) < 4.78 is 10.7. The van der Waals surface area contributed by atoms with Gasteiger partial charge in [-0.15, -0.1) is 0 Å². The number of hydrogen-bond donors (Lipinski definition) is 2. The number of ether oxygens (including phenoxy) is 2. The van der Waals surface area contributed by atoms with Gasteiger partial charge in [0.25, 0.3) is 0 Å². The first kappa shape index (κ1) is 19.5. The molecule has 0 heterocycles. The predicted molar refractivity (Wildman–Crippen MR) is 98.5 cm³/mol. The Hall–Kier alpha value is -2.86. The van der Waals surface area contributed by atoms with Crippen LogP contribution < -0.4 is 15.4 Å². The molecule has 1 atom stereocenters. The summed E-state index contributed by atoms with van der Waals surface area (Å²) in [6, 6.07) is 16.8. The molecule has 0 spiro atoms. The minimum atomic E-state index is -0.703. The molecule has 0 unspecified atom stereocenters. The molecular weight excluding hydrogens is 332 g/mol. The molecule has 2 aromatic carbocycles. The van der Waals surface area contributed by atoms with Crippen molar-refractivity contribution < 1.29 is 19.1 Å². The maximum Gasteiger partial charge on any atom is 0.245 e. The second-order valence-electron chi connectivity index (χ2n) is 5.84. The first-order valence-electron chi connectivity index (χ1n) is 8.38. The molecule has 6 nitrogen and oxygen atoms in total. The molecule has 2 aromatic rings. The molecular formula is C20H24N2O4. The number of carbonyl (C=O) groups excluding carboxylic acids is 2. The lowest BCUT2D eigenvalue weighted by molar-refractivity contribution is -0.129. The maximum absolute atomic E-state index is 12.1. The lowest BCUT2D eigenvalue weighted by Gasteiger charge is -2.16. The quantitative estimate of drug-likeness (QED) is 0.721. The van der Waals surface area contributed by atoms with E-state index in [-0.39, 0.29) is 18.4 Å². The van der Waals surface area contributed by atoms with Crippen LogP contribution >= 0.6 is 0 Å². The Kier molecular flexibility index (Phi) is 7.64. The highest BCUT2D eigenvalue weighted by Gasteiger charge is 2.18. The molecule has 0 saturated heterocycles. The van der Waals surface area contributed by atoms with Crippen molar-refractivity contribution in [1.82, 2.24) is 10.6 Å². The van der Waals surface area contributed by atoms with Crippen LogP contribution in [0.1, 0.15) is 18.1 Å². The Labute approximate surface area is 153 Å². The van der Waals surface area contributed by atoms with Gasteiger partial charge in [-0.3, -0.25) is 9.59 Å². The van der Waals surface area contributed by atoms with Crippen molar-refractivity contribution in [3.63, 3.8) is 0 Å². The molecule has 2 rings (SSSR count). The average molecular weight is 356 g/mol. The molecule has 2 amide bonds. The maximum atomic E-state index is 12.1. The third-order valence-electron chi connectivity index (χ3n) is 3.67. The Balaban J connectivity index is 1.82. The van der Waals surface area contributed by atoms with Gasteiger partial charge in [-0.05, 0) is 23.3 Å². The molecule has 0 aromatic heterocycles. The summed E-state index contributed by atoms with van der Waals surface area (Å²) in [5.74, 6) is 0.202. The van der Waals surface area contributed by atoms with Crippen LogP contribution in [0.4, 0.5) is 0 Å². The largest absolute Gasteiger partial charge is 0.489 e. The zero-order chi connectivity index (χ0) is 18.8. The van der Waals surface area contributed by atoms with E-state index < -0.39 is 6.04 Å². The van der Waals surface area contributed by atoms with E-state index in [4.69, 9.17) is 9.47 Å². The van der Waals surface area contributed by atoms with Gasteiger partial charge in [0.15, 0.2) is 0 Å². The van der Waals surface area contributed by atoms with E-state index in [0.29, 0.717) is 13.2 Å². The van der Waals surface area contributed by atoms with Crippen molar-refractivity contribution in [1.29, 1.82) is 0 Å². The van der Waals surface area contributed by atoms with Gasteiger partial charge in [0.05, 0.1) is 6.61 Å². The van der Waals surface area contributed by atoms with Gasteiger partial charge >= 0.3 is 0 Å². The molecule has 2 N–H and O–H groups in total. The molecule has 6 heteroatoms. The van der Waals surface area contributed by atoms with Crippen LogP contribution in [-0.4, -0.2) is 31.6 Å². The Morgan fingerprint density at radius 1 is 1.00 bits per heavy atom. The highest BCUT2D eigenvalue weighted by Crippen LogP contribution is 2.14. The van der Waals surface area contributed by atoms with Crippen LogP contribution in [0.3, 0.4) is 0 Å². The Bertz CT molecular complexity index is 702. The fourth-order valence-corrected chi connectivity index (χ4v) is 2.35. The van der Waals surface area contributed by atoms with Crippen molar-refractivity contribution in [2.45, 2.75) is 26.1 Å². The van der Waals surface area contributed by atoms with Gasteiger partial charge in [0, 0.05) is 20.6 Å². The van der Waals surface area contributed by atoms with Crippen LogP contribution in [-0.2, 0) is 27.5 Å². The van der Waals surface area contributed by atoms with E-state index in [9.17, 15) is 9.59 Å². The van der Waals surface area contributed by atoms with Crippen LogP contribution in [0.25, 0.3) is 0 Å². The number of methoxy groups -OCH3 is 1. The first-order valence-corrected chi connectivity index (χ1v) is 8.38. The summed E-state index contributed by atoms with van der Waals surface area (Å²) >= 11 is 0. The fraction of sp³-hybridized carbons (Fsp3) is 0.300. The summed E-state index contributed by atoms with van der Waals surface area (Å²) in [5.41, 5.74) is 2.04. The van der Waals surface area contributed by atoms with Gasteiger partial charge in [-0.2, -0.15) is 0 Å². The van der Waals surface area contributed by atoms with Gasteiger partial charge in [0.2, 0.25) is 11.8 Å². The average Bonchev–Trinajstić information content (AvgIpc) is 2.65. The normalized spacial score (nSPS) is 11.5. The molecule has 138 valence electrons. The molecule has 0 aliphatic rings. The van der Waals surface area contributed by atoms with Crippen molar-refractivity contribution in [2.24, 2.45) is 0 Å². The lowest BCUT2D eigenvalue weighted by atomic mass is 10.2. The topological polar surface area (TPSA) is 76.7 Å². The number of nitrogens with one attached hydrogen (secondary N) is 2. The zero-order valence-corrected chi connectivity index (χ0v) is 15.0. The van der Waals surface area contributed by atoms with Crippen LogP contribution in [0.5, 0.6) is 5.75 Å². The lowest BCUT2D eigenvalue weighted by Crippen LogP contribution is -2.48. The zero-order valence-electron chi connectivity index (χ0n) is 15.0. The van der Waals surface area contributed by atoms with E-state index in [1.54, 1.807) is 0 Å². The predicted octanol–water partition coefficient (Wildman–Crippen LogP) is 2.03. The molecule has 0 radical (unpaired) electrons. The minimum Gasteiger partial charge on any atom is -0.489 e. The smallest absolute Gasteiger partial charge is 0.245 e. The summed E-state index contributed by atoms with van der Waals surface area (Å²) in [5, 5.41) is 5.35. The first-order chi connectivity index (χ1) is 12.6. The van der Waals surface area contributed by atoms with Gasteiger partial charge in [-0.25, -0.2) is 0 Å². The minimum absolute atomic E-state index is 0.123. The Morgan fingerprint density at radius 3 is 2.31 bits per heavy atom. The van der Waals surface area contributed by atoms with E-state index in [1.165, 1.54) is 14.0 Å². The number of amides is 2. The van der Waals surface area contributed by atoms with E-state index in [0.717, 1.165) is 16.9 Å². The summed E-state index contributed by atoms with van der Waals surface area (Å²) in [6.45, 7) is 2.35. The third-order valence-corrected chi connectivity index (χ3v) is 3.67. The van der Waals surface area contributed by atoms with Crippen molar-refractivity contribution in [3.05, 3.63) is 65.7 Å². The van der Waals surface area contributed by atoms with Crippen molar-refractivity contribution in [3.8, 4) is 5.75 Å². The standard InChI is InChI=1S/C20H24N2O4/c1-15(23)22-19(14-25-2)20(24)21-12-16-8-10-18(11-9-16)26-13-17-6-4-3-5-7-17/h3-11,19H,12-14H2,1-2H3,(H,21,24)(H,22,23)/t19-/m1/s1. The number of benzene rings is 2. The van der Waals surface area contributed by atoms with Gasteiger partial charge in [0.1, 0.15) is 18.4 Å². The monoisotopic (exact) mass is 356 g/mol. The SMILES string of the molecule is COC[C@@H](NC(C)=O)C(=O)NCc1ccc(OCc2ccccc2)cc1. The van der Waals surface area contributed by atoms with E-state index in [1.807, 2.05) is 54.6 Å². The number of carbonyl (C=O) groups is 2. The summed E-state index contributed by atoms with van der Waals surface area (Å²) in [6.07, 6.45) is 0. The van der Waals surface area contributed by atoms with Crippen LogP contribution in [0, 0.1) is 0 Å².